The molecule has 3 rings (SSSR count). The third-order valence-corrected chi connectivity index (χ3v) is 4.16. The van der Waals surface area contributed by atoms with Crippen LogP contribution in [0.2, 0.25) is 0 Å². The van der Waals surface area contributed by atoms with E-state index in [1.165, 1.54) is 0 Å². The molecule has 7 nitrogen and oxygen atoms in total. The standard InChI is InChI=1S/C19H18N4O3/c1-11-8-12(2)22-17(24)15(11)10-21-18(25)16-13(3)26-19(14(16)9-20)23-6-4-5-7-23/h4-8H,10H2,1-3H3,(H,21,25)(H,22,24). The van der Waals surface area contributed by atoms with Crippen LogP contribution in [0, 0.1) is 32.1 Å². The van der Waals surface area contributed by atoms with Crippen molar-refractivity contribution in [1.82, 2.24) is 14.9 Å². The number of carbonyl (C=O) groups is 1. The Morgan fingerprint density at radius 2 is 2.00 bits per heavy atom. The lowest BCUT2D eigenvalue weighted by molar-refractivity contribution is 0.0949. The third-order valence-electron chi connectivity index (χ3n) is 4.16. The van der Waals surface area contributed by atoms with Crippen molar-refractivity contribution in [2.24, 2.45) is 0 Å². The number of aryl methyl sites for hydroxylation is 3. The fourth-order valence-electron chi connectivity index (χ4n) is 2.92. The molecule has 0 saturated heterocycles. The van der Waals surface area contributed by atoms with Crippen LogP contribution in [0.3, 0.4) is 0 Å². The maximum atomic E-state index is 12.6. The van der Waals surface area contributed by atoms with Gasteiger partial charge in [-0.3, -0.25) is 14.2 Å². The fraction of sp³-hybridized carbons (Fsp3) is 0.211. The minimum Gasteiger partial charge on any atom is -0.443 e. The first kappa shape index (κ1) is 17.3. The molecule has 3 heterocycles. The Bertz CT molecular complexity index is 1070. The molecule has 0 saturated carbocycles. The average molecular weight is 350 g/mol. The lowest BCUT2D eigenvalue weighted by Crippen LogP contribution is -2.28. The van der Waals surface area contributed by atoms with Crippen molar-refractivity contribution in [3.05, 3.63) is 74.7 Å². The highest BCUT2D eigenvalue weighted by Gasteiger charge is 2.24. The molecule has 0 atom stereocenters. The van der Waals surface area contributed by atoms with Crippen molar-refractivity contribution in [2.45, 2.75) is 27.3 Å². The summed E-state index contributed by atoms with van der Waals surface area (Å²) in [4.78, 5) is 27.4. The molecule has 26 heavy (non-hydrogen) atoms. The predicted molar refractivity (Wildman–Crippen MR) is 95.2 cm³/mol. The number of aromatic amines is 1. The third kappa shape index (κ3) is 3.05. The molecule has 0 radical (unpaired) electrons. The van der Waals surface area contributed by atoms with E-state index in [0.717, 1.165) is 11.3 Å². The van der Waals surface area contributed by atoms with Gasteiger partial charge in [-0.25, -0.2) is 0 Å². The molecule has 0 fully saturated rings. The van der Waals surface area contributed by atoms with Crippen LogP contribution in [-0.4, -0.2) is 15.5 Å². The molecule has 0 aliphatic rings. The zero-order valence-electron chi connectivity index (χ0n) is 14.7. The van der Waals surface area contributed by atoms with Gasteiger partial charge in [0.15, 0.2) is 0 Å². The Kier molecular flexibility index (Phi) is 4.50. The van der Waals surface area contributed by atoms with Crippen molar-refractivity contribution < 1.29 is 9.21 Å². The zero-order chi connectivity index (χ0) is 18.8. The van der Waals surface area contributed by atoms with Gasteiger partial charge in [-0.1, -0.05) is 0 Å². The maximum Gasteiger partial charge on any atom is 0.256 e. The number of carbonyl (C=O) groups excluding carboxylic acids is 1. The van der Waals surface area contributed by atoms with E-state index in [2.05, 4.69) is 10.3 Å². The molecular weight excluding hydrogens is 332 g/mol. The van der Waals surface area contributed by atoms with Crippen LogP contribution in [0.1, 0.15) is 38.5 Å². The highest BCUT2D eigenvalue weighted by Crippen LogP contribution is 2.25. The molecule has 1 amide bonds. The number of furan rings is 1. The van der Waals surface area contributed by atoms with Gasteiger partial charge < -0.3 is 14.7 Å². The van der Waals surface area contributed by atoms with Crippen LogP contribution in [-0.2, 0) is 6.54 Å². The van der Waals surface area contributed by atoms with Crippen LogP contribution < -0.4 is 10.9 Å². The lowest BCUT2D eigenvalue weighted by atomic mass is 10.1. The second-order valence-corrected chi connectivity index (χ2v) is 6.04. The van der Waals surface area contributed by atoms with Crippen LogP contribution >= 0.6 is 0 Å². The maximum absolute atomic E-state index is 12.6. The first-order valence-corrected chi connectivity index (χ1v) is 8.06. The molecule has 3 aromatic rings. The molecule has 7 heteroatoms. The van der Waals surface area contributed by atoms with Crippen molar-refractivity contribution in [2.75, 3.05) is 0 Å². The number of nitrogens with zero attached hydrogens (tertiary/aromatic N) is 2. The normalized spacial score (nSPS) is 10.5. The Labute approximate surface area is 149 Å². The number of hydrogen-bond donors (Lipinski definition) is 2. The number of H-pyrrole nitrogens is 1. The summed E-state index contributed by atoms with van der Waals surface area (Å²) >= 11 is 0. The van der Waals surface area contributed by atoms with Gasteiger partial charge in [-0.2, -0.15) is 5.26 Å². The highest BCUT2D eigenvalue weighted by atomic mass is 16.4. The summed E-state index contributed by atoms with van der Waals surface area (Å²) in [5, 5.41) is 12.2. The molecule has 0 aliphatic heterocycles. The highest BCUT2D eigenvalue weighted by molar-refractivity contribution is 5.98. The van der Waals surface area contributed by atoms with E-state index in [9.17, 15) is 14.9 Å². The average Bonchev–Trinajstić information content (AvgIpc) is 3.20. The van der Waals surface area contributed by atoms with E-state index < -0.39 is 5.91 Å². The van der Waals surface area contributed by atoms with E-state index in [-0.39, 0.29) is 23.2 Å². The minimum atomic E-state index is -0.458. The largest absolute Gasteiger partial charge is 0.443 e. The van der Waals surface area contributed by atoms with Gasteiger partial charge in [0.05, 0.1) is 0 Å². The summed E-state index contributed by atoms with van der Waals surface area (Å²) in [7, 11) is 0. The molecule has 0 spiro atoms. The Morgan fingerprint density at radius 3 is 2.62 bits per heavy atom. The topological polar surface area (TPSA) is 104 Å². The molecular formula is C19H18N4O3. The Morgan fingerprint density at radius 1 is 1.31 bits per heavy atom. The summed E-state index contributed by atoms with van der Waals surface area (Å²) in [5.74, 6) is 0.183. The first-order chi connectivity index (χ1) is 12.4. The van der Waals surface area contributed by atoms with Gasteiger partial charge in [0.2, 0.25) is 5.88 Å². The van der Waals surface area contributed by atoms with Gasteiger partial charge in [-0.05, 0) is 44.5 Å². The summed E-state index contributed by atoms with van der Waals surface area (Å²) in [5.41, 5.74) is 2.14. The number of rotatable bonds is 4. The smallest absolute Gasteiger partial charge is 0.256 e. The lowest BCUT2D eigenvalue weighted by Gasteiger charge is -2.08. The van der Waals surface area contributed by atoms with Gasteiger partial charge >= 0.3 is 0 Å². The van der Waals surface area contributed by atoms with E-state index in [4.69, 9.17) is 4.42 Å². The summed E-state index contributed by atoms with van der Waals surface area (Å²) < 4.78 is 7.27. The minimum absolute atomic E-state index is 0.0641. The summed E-state index contributed by atoms with van der Waals surface area (Å²) in [6.45, 7) is 5.31. The summed E-state index contributed by atoms with van der Waals surface area (Å²) in [6, 6.07) is 7.48. The number of nitriles is 1. The van der Waals surface area contributed by atoms with Crippen LogP contribution in [0.15, 0.2) is 39.8 Å². The zero-order valence-corrected chi connectivity index (χ0v) is 14.7. The molecule has 0 bridgehead atoms. The van der Waals surface area contributed by atoms with Crippen molar-refractivity contribution in [1.29, 1.82) is 5.26 Å². The molecule has 0 aromatic carbocycles. The van der Waals surface area contributed by atoms with Crippen LogP contribution in [0.25, 0.3) is 5.88 Å². The number of amides is 1. The van der Waals surface area contributed by atoms with Gasteiger partial charge in [0.25, 0.3) is 11.5 Å². The second kappa shape index (κ2) is 6.76. The molecule has 0 unspecified atom stereocenters. The van der Waals surface area contributed by atoms with E-state index >= 15 is 0 Å². The number of hydrogen-bond acceptors (Lipinski definition) is 4. The molecule has 2 N–H and O–H groups in total. The monoisotopic (exact) mass is 350 g/mol. The van der Waals surface area contributed by atoms with Crippen molar-refractivity contribution >= 4 is 5.91 Å². The fourth-order valence-corrected chi connectivity index (χ4v) is 2.92. The quantitative estimate of drug-likeness (QED) is 0.754. The predicted octanol–water partition coefficient (Wildman–Crippen LogP) is 2.49. The van der Waals surface area contributed by atoms with Crippen molar-refractivity contribution in [3.8, 4) is 12.0 Å². The van der Waals surface area contributed by atoms with Gasteiger partial charge in [0.1, 0.15) is 23.0 Å². The SMILES string of the molecule is Cc1cc(C)c(CNC(=O)c2c(C)oc(-n3cccc3)c2C#N)c(=O)[nH]1. The molecule has 3 aromatic heterocycles. The number of nitrogens with one attached hydrogen (secondary N) is 2. The second-order valence-electron chi connectivity index (χ2n) is 6.04. The first-order valence-electron chi connectivity index (χ1n) is 8.06. The number of aromatic nitrogens is 2. The molecule has 0 aliphatic carbocycles. The summed E-state index contributed by atoms with van der Waals surface area (Å²) in [6.07, 6.45) is 3.46. The van der Waals surface area contributed by atoms with Crippen LogP contribution in [0.4, 0.5) is 0 Å². The van der Waals surface area contributed by atoms with Crippen LogP contribution in [0.5, 0.6) is 0 Å². The molecule has 132 valence electrons. The van der Waals surface area contributed by atoms with Gasteiger partial charge in [0, 0.05) is 30.2 Å². The van der Waals surface area contributed by atoms with E-state index in [1.54, 1.807) is 42.9 Å². The van der Waals surface area contributed by atoms with Crippen molar-refractivity contribution in [3.63, 3.8) is 0 Å². The number of pyridine rings is 1. The van der Waals surface area contributed by atoms with Gasteiger partial charge in [-0.15, -0.1) is 0 Å². The van der Waals surface area contributed by atoms with E-state index in [1.807, 2.05) is 19.1 Å². The Balaban J connectivity index is 1.90. The van der Waals surface area contributed by atoms with E-state index in [0.29, 0.717) is 17.2 Å². The Hall–Kier alpha value is -3.53.